The molecule has 0 radical (unpaired) electrons. The number of nitrogens with zero attached hydrogens (tertiary/aromatic N) is 1. The third-order valence-electron chi connectivity index (χ3n) is 2.92. The summed E-state index contributed by atoms with van der Waals surface area (Å²) >= 11 is 6.00. The number of nitriles is 1. The minimum Gasteiger partial charge on any atom is -0.383 e. The Balaban J connectivity index is 2.47. The third-order valence-corrected chi connectivity index (χ3v) is 3.23. The molecule has 1 unspecified atom stereocenters. The fraction of sp³-hybridized carbons (Fsp3) is 0.533. The van der Waals surface area contributed by atoms with Gasteiger partial charge in [0.25, 0.3) is 0 Å². The molecule has 1 aromatic rings. The molecule has 2 nitrogen and oxygen atoms in total. The minimum absolute atomic E-state index is 0.424. The van der Waals surface area contributed by atoms with E-state index in [9.17, 15) is 0 Å². The molecule has 0 spiro atoms. The number of anilines is 1. The van der Waals surface area contributed by atoms with Crippen molar-refractivity contribution in [3.8, 4) is 6.07 Å². The maximum absolute atomic E-state index is 8.80. The summed E-state index contributed by atoms with van der Waals surface area (Å²) in [5.41, 5.74) is 1.51. The number of benzene rings is 1. The molecular weight excluding hydrogens is 244 g/mol. The molecular formula is C15H21ClN2. The molecule has 0 saturated heterocycles. The highest BCUT2D eigenvalue weighted by molar-refractivity contribution is 6.32. The van der Waals surface area contributed by atoms with Gasteiger partial charge in [0.05, 0.1) is 10.6 Å². The molecule has 0 aliphatic carbocycles. The van der Waals surface area contributed by atoms with Gasteiger partial charge in [-0.15, -0.1) is 0 Å². The molecule has 0 aliphatic heterocycles. The highest BCUT2D eigenvalue weighted by Gasteiger charge is 2.05. The first-order chi connectivity index (χ1) is 8.52. The van der Waals surface area contributed by atoms with Crippen molar-refractivity contribution >= 4 is 17.3 Å². The molecule has 0 saturated carbocycles. The summed E-state index contributed by atoms with van der Waals surface area (Å²) in [6.45, 7) is 6.67. The molecule has 98 valence electrons. The van der Waals surface area contributed by atoms with E-state index in [0.29, 0.717) is 16.6 Å². The van der Waals surface area contributed by atoms with Crippen LogP contribution in [0, 0.1) is 17.2 Å². The van der Waals surface area contributed by atoms with Crippen LogP contribution < -0.4 is 5.32 Å². The van der Waals surface area contributed by atoms with Crippen LogP contribution in [0.4, 0.5) is 5.69 Å². The number of halogens is 1. The zero-order valence-electron chi connectivity index (χ0n) is 11.3. The second-order valence-corrected chi connectivity index (χ2v) is 5.58. The van der Waals surface area contributed by atoms with Crippen molar-refractivity contribution in [2.24, 2.45) is 5.92 Å². The second-order valence-electron chi connectivity index (χ2n) is 5.18. The smallest absolute Gasteiger partial charge is 0.101 e. The molecule has 0 amide bonds. The molecule has 1 rings (SSSR count). The van der Waals surface area contributed by atoms with Crippen LogP contribution >= 0.6 is 11.6 Å². The van der Waals surface area contributed by atoms with E-state index < -0.39 is 0 Å². The van der Waals surface area contributed by atoms with Crippen molar-refractivity contribution in [3.63, 3.8) is 0 Å². The zero-order chi connectivity index (χ0) is 13.5. The van der Waals surface area contributed by atoms with Gasteiger partial charge in [-0.05, 0) is 37.5 Å². The number of nitrogens with one attached hydrogen (secondary N) is 1. The molecule has 0 aliphatic rings. The van der Waals surface area contributed by atoms with E-state index in [1.807, 2.05) is 12.1 Å². The molecule has 0 bridgehead atoms. The van der Waals surface area contributed by atoms with Gasteiger partial charge < -0.3 is 5.32 Å². The molecule has 1 atom stereocenters. The van der Waals surface area contributed by atoms with Crippen molar-refractivity contribution in [2.75, 3.05) is 5.32 Å². The predicted octanol–water partition coefficient (Wildman–Crippen LogP) is 4.84. The van der Waals surface area contributed by atoms with Crippen molar-refractivity contribution in [3.05, 3.63) is 28.8 Å². The molecule has 3 heteroatoms. The first-order valence-electron chi connectivity index (χ1n) is 6.49. The normalized spacial score (nSPS) is 12.2. The van der Waals surface area contributed by atoms with Gasteiger partial charge in [0.1, 0.15) is 6.07 Å². The second kappa shape index (κ2) is 7.28. The van der Waals surface area contributed by atoms with Gasteiger partial charge in [-0.3, -0.25) is 0 Å². The largest absolute Gasteiger partial charge is 0.383 e. The van der Waals surface area contributed by atoms with E-state index in [1.165, 1.54) is 12.8 Å². The number of rotatable bonds is 6. The quantitative estimate of drug-likeness (QED) is 0.798. The average molecular weight is 265 g/mol. The van der Waals surface area contributed by atoms with E-state index >= 15 is 0 Å². The first kappa shape index (κ1) is 14.9. The van der Waals surface area contributed by atoms with Crippen LogP contribution in [-0.4, -0.2) is 6.04 Å². The Morgan fingerprint density at radius 1 is 1.28 bits per heavy atom. The SMILES string of the molecule is CC(C)CCCC(C)Nc1ccc(C#N)c(Cl)c1. The molecule has 1 N–H and O–H groups in total. The summed E-state index contributed by atoms with van der Waals surface area (Å²) in [6, 6.07) is 7.97. The minimum atomic E-state index is 0.424. The van der Waals surface area contributed by atoms with Crippen LogP contribution in [0.25, 0.3) is 0 Å². The highest BCUT2D eigenvalue weighted by Crippen LogP contribution is 2.21. The Kier molecular flexibility index (Phi) is 6.01. The monoisotopic (exact) mass is 264 g/mol. The molecule has 0 aromatic heterocycles. The van der Waals surface area contributed by atoms with Crippen molar-refractivity contribution in [2.45, 2.75) is 46.1 Å². The zero-order valence-corrected chi connectivity index (χ0v) is 12.1. The summed E-state index contributed by atoms with van der Waals surface area (Å²) in [5, 5.41) is 12.7. The van der Waals surface area contributed by atoms with Gasteiger partial charge in [-0.1, -0.05) is 38.3 Å². The van der Waals surface area contributed by atoms with Crippen LogP contribution in [-0.2, 0) is 0 Å². The summed E-state index contributed by atoms with van der Waals surface area (Å²) in [7, 11) is 0. The Morgan fingerprint density at radius 3 is 2.56 bits per heavy atom. The van der Waals surface area contributed by atoms with Crippen LogP contribution in [0.1, 0.15) is 45.6 Å². The Bertz CT molecular complexity index is 421. The van der Waals surface area contributed by atoms with Gasteiger partial charge in [0, 0.05) is 11.7 Å². The van der Waals surface area contributed by atoms with E-state index in [1.54, 1.807) is 6.07 Å². The lowest BCUT2D eigenvalue weighted by atomic mass is 10.0. The lowest BCUT2D eigenvalue weighted by Gasteiger charge is -2.16. The van der Waals surface area contributed by atoms with Gasteiger partial charge >= 0.3 is 0 Å². The van der Waals surface area contributed by atoms with Gasteiger partial charge in [-0.25, -0.2) is 0 Å². The molecule has 1 aromatic carbocycles. The Hall–Kier alpha value is -1.20. The maximum atomic E-state index is 8.80. The molecule has 18 heavy (non-hydrogen) atoms. The lowest BCUT2D eigenvalue weighted by molar-refractivity contribution is 0.520. The molecule has 0 fully saturated rings. The fourth-order valence-corrected chi connectivity index (χ4v) is 2.11. The van der Waals surface area contributed by atoms with Crippen molar-refractivity contribution < 1.29 is 0 Å². The number of hydrogen-bond donors (Lipinski definition) is 1. The lowest BCUT2D eigenvalue weighted by Crippen LogP contribution is -2.15. The predicted molar refractivity (Wildman–Crippen MR) is 77.9 cm³/mol. The summed E-state index contributed by atoms with van der Waals surface area (Å²) < 4.78 is 0. The van der Waals surface area contributed by atoms with Crippen LogP contribution in [0.15, 0.2) is 18.2 Å². The number of hydrogen-bond acceptors (Lipinski definition) is 2. The Morgan fingerprint density at radius 2 is 2.00 bits per heavy atom. The Labute approximate surface area is 115 Å². The summed E-state index contributed by atoms with van der Waals surface area (Å²) in [5.74, 6) is 0.765. The van der Waals surface area contributed by atoms with Crippen LogP contribution in [0.2, 0.25) is 5.02 Å². The highest BCUT2D eigenvalue weighted by atomic mass is 35.5. The van der Waals surface area contributed by atoms with E-state index in [2.05, 4.69) is 32.2 Å². The molecule has 0 heterocycles. The van der Waals surface area contributed by atoms with Gasteiger partial charge in [0.15, 0.2) is 0 Å². The van der Waals surface area contributed by atoms with Gasteiger partial charge in [0.2, 0.25) is 0 Å². The first-order valence-corrected chi connectivity index (χ1v) is 6.87. The van der Waals surface area contributed by atoms with Gasteiger partial charge in [-0.2, -0.15) is 5.26 Å². The average Bonchev–Trinajstić information content (AvgIpc) is 2.28. The van der Waals surface area contributed by atoms with Crippen LogP contribution in [0.3, 0.4) is 0 Å². The van der Waals surface area contributed by atoms with Crippen LogP contribution in [0.5, 0.6) is 0 Å². The summed E-state index contributed by atoms with van der Waals surface area (Å²) in [4.78, 5) is 0. The summed E-state index contributed by atoms with van der Waals surface area (Å²) in [6.07, 6.45) is 3.64. The van der Waals surface area contributed by atoms with E-state index in [0.717, 1.165) is 18.0 Å². The van der Waals surface area contributed by atoms with E-state index in [-0.39, 0.29) is 0 Å². The maximum Gasteiger partial charge on any atom is 0.101 e. The standard InChI is InChI=1S/C15H21ClN2/c1-11(2)5-4-6-12(3)18-14-8-7-13(10-17)15(16)9-14/h7-9,11-12,18H,4-6H2,1-3H3. The fourth-order valence-electron chi connectivity index (χ4n) is 1.88. The topological polar surface area (TPSA) is 35.8 Å². The van der Waals surface area contributed by atoms with E-state index in [4.69, 9.17) is 16.9 Å². The van der Waals surface area contributed by atoms with Crippen molar-refractivity contribution in [1.82, 2.24) is 0 Å². The third kappa shape index (κ3) is 4.98. The van der Waals surface area contributed by atoms with Crippen molar-refractivity contribution in [1.29, 1.82) is 5.26 Å².